The van der Waals surface area contributed by atoms with E-state index in [9.17, 15) is 24.0 Å². The molecule has 12 nitrogen and oxygen atoms in total. The van der Waals surface area contributed by atoms with Gasteiger partial charge in [0.05, 0.1) is 0 Å². The summed E-state index contributed by atoms with van der Waals surface area (Å²) in [5, 5.41) is 14.1. The van der Waals surface area contributed by atoms with Gasteiger partial charge >= 0.3 is 12.2 Å². The minimum absolute atomic E-state index is 0.0268. The van der Waals surface area contributed by atoms with Gasteiger partial charge in [0.15, 0.2) is 0 Å². The molecule has 2 aromatic rings. The molecule has 0 aliphatic heterocycles. The molecule has 52 heavy (non-hydrogen) atoms. The molecule has 2 atom stereocenters. The molecule has 3 rings (SSSR count). The lowest BCUT2D eigenvalue weighted by Crippen LogP contribution is -2.55. The Morgan fingerprint density at radius 2 is 1.29 bits per heavy atom. The molecule has 0 saturated carbocycles. The Labute approximate surface area is 307 Å². The first-order valence-corrected chi connectivity index (χ1v) is 18.2. The number of amides is 5. The fourth-order valence-corrected chi connectivity index (χ4v) is 5.36. The molecular formula is C40H55N5O7. The number of hydrogen-bond donors (Lipinski definition) is 5. The van der Waals surface area contributed by atoms with Crippen molar-refractivity contribution < 1.29 is 33.4 Å². The molecule has 0 fully saturated rings. The van der Waals surface area contributed by atoms with E-state index in [4.69, 9.17) is 9.47 Å². The van der Waals surface area contributed by atoms with Crippen molar-refractivity contribution in [1.29, 1.82) is 0 Å². The largest absolute Gasteiger partial charge is 0.445 e. The fourth-order valence-electron chi connectivity index (χ4n) is 5.36. The molecular weight excluding hydrogens is 662 g/mol. The monoisotopic (exact) mass is 717 g/mol. The summed E-state index contributed by atoms with van der Waals surface area (Å²) >= 11 is 0. The van der Waals surface area contributed by atoms with E-state index < -0.39 is 35.8 Å². The topological polar surface area (TPSA) is 164 Å². The Kier molecular flexibility index (Phi) is 18.0. The highest BCUT2D eigenvalue weighted by Gasteiger charge is 2.28. The van der Waals surface area contributed by atoms with Crippen LogP contribution in [0.3, 0.4) is 0 Å². The Bertz CT molecular complexity index is 1490. The maximum absolute atomic E-state index is 13.7. The van der Waals surface area contributed by atoms with Gasteiger partial charge in [-0.3, -0.25) is 14.4 Å². The van der Waals surface area contributed by atoms with Crippen molar-refractivity contribution in [1.82, 2.24) is 26.6 Å². The number of rotatable bonds is 21. The number of ether oxygens (including phenoxy) is 2. The smallest absolute Gasteiger partial charge is 0.408 e. The van der Waals surface area contributed by atoms with E-state index in [2.05, 4.69) is 26.6 Å². The minimum atomic E-state index is -0.979. The zero-order chi connectivity index (χ0) is 37.6. The Hall–Kier alpha value is -5.13. The van der Waals surface area contributed by atoms with Crippen molar-refractivity contribution in [2.45, 2.75) is 103 Å². The summed E-state index contributed by atoms with van der Waals surface area (Å²) < 4.78 is 10.7. The second-order valence-corrected chi connectivity index (χ2v) is 13.7. The van der Waals surface area contributed by atoms with Crippen LogP contribution >= 0.6 is 0 Å². The number of allylic oxidation sites excluding steroid dienone is 3. The standard InChI is InChI=1S/C40H55N5O7/c1-40(2,3)52-39(50)45-33(24-14-17-27-43-38(49)51-29-31-20-10-7-11-21-31)37(48)44-34(28-30-18-8-6-9-19-30)36(47)42-26-16-5-4-15-25-41-35(46)32-22-12-13-23-32/h6-13,18-22,33-34H,4-5,14-17,23-29H2,1-3H3,(H,41,46)(H,42,47)(H,43,49)(H,44,48)(H,45,50)/t33-,34-/m0/s1. The fraction of sp³-hybridized carbons (Fsp3) is 0.475. The summed E-state index contributed by atoms with van der Waals surface area (Å²) in [5.74, 6) is -0.860. The van der Waals surface area contributed by atoms with E-state index in [1.54, 1.807) is 20.8 Å². The summed E-state index contributed by atoms with van der Waals surface area (Å²) in [6, 6.07) is 16.9. The second-order valence-electron chi connectivity index (χ2n) is 13.7. The number of alkyl carbamates (subject to hydrolysis) is 2. The predicted molar refractivity (Wildman–Crippen MR) is 200 cm³/mol. The molecule has 5 N–H and O–H groups in total. The maximum atomic E-state index is 13.7. The van der Waals surface area contributed by atoms with Gasteiger partial charge < -0.3 is 36.1 Å². The minimum Gasteiger partial charge on any atom is -0.445 e. The molecule has 0 aromatic heterocycles. The molecule has 0 unspecified atom stereocenters. The third kappa shape index (κ3) is 17.2. The second kappa shape index (κ2) is 22.6. The van der Waals surface area contributed by atoms with Crippen molar-refractivity contribution in [3.63, 3.8) is 0 Å². The van der Waals surface area contributed by atoms with Crippen LogP contribution in [-0.2, 0) is 36.9 Å². The maximum Gasteiger partial charge on any atom is 0.408 e. The van der Waals surface area contributed by atoms with Crippen molar-refractivity contribution in [3.8, 4) is 0 Å². The van der Waals surface area contributed by atoms with Crippen molar-refractivity contribution >= 4 is 29.9 Å². The molecule has 0 radical (unpaired) electrons. The summed E-state index contributed by atoms with van der Waals surface area (Å²) in [6.07, 6.45) is 9.94. The number of carbonyl (C=O) groups excluding carboxylic acids is 5. The van der Waals surface area contributed by atoms with Gasteiger partial charge in [-0.2, -0.15) is 0 Å². The zero-order valence-corrected chi connectivity index (χ0v) is 30.7. The number of unbranched alkanes of at least 4 members (excludes halogenated alkanes) is 4. The average molecular weight is 718 g/mol. The van der Waals surface area contributed by atoms with Gasteiger partial charge in [-0.1, -0.05) is 91.7 Å². The molecule has 12 heteroatoms. The van der Waals surface area contributed by atoms with Gasteiger partial charge in [-0.05, 0) is 70.4 Å². The molecule has 0 saturated heterocycles. The van der Waals surface area contributed by atoms with E-state index in [0.717, 1.165) is 42.4 Å². The first kappa shape index (κ1) is 41.3. The highest BCUT2D eigenvalue weighted by molar-refractivity contribution is 5.94. The van der Waals surface area contributed by atoms with Crippen molar-refractivity contribution in [2.24, 2.45) is 0 Å². The van der Waals surface area contributed by atoms with E-state index in [-0.39, 0.29) is 31.3 Å². The quantitative estimate of drug-likeness (QED) is 0.108. The highest BCUT2D eigenvalue weighted by atomic mass is 16.6. The van der Waals surface area contributed by atoms with Crippen molar-refractivity contribution in [3.05, 3.63) is 95.6 Å². The third-order valence-corrected chi connectivity index (χ3v) is 8.08. The predicted octanol–water partition coefficient (Wildman–Crippen LogP) is 5.38. The lowest BCUT2D eigenvalue weighted by molar-refractivity contribution is -0.130. The van der Waals surface area contributed by atoms with E-state index >= 15 is 0 Å². The van der Waals surface area contributed by atoms with Crippen LogP contribution in [-0.4, -0.2) is 67.2 Å². The van der Waals surface area contributed by atoms with Crippen LogP contribution < -0.4 is 26.6 Å². The molecule has 2 aromatic carbocycles. The summed E-state index contributed by atoms with van der Waals surface area (Å²) in [4.78, 5) is 64.0. The summed E-state index contributed by atoms with van der Waals surface area (Å²) in [5.41, 5.74) is 1.75. The van der Waals surface area contributed by atoms with E-state index in [1.807, 2.05) is 78.9 Å². The van der Waals surface area contributed by atoms with Gasteiger partial charge in [-0.25, -0.2) is 9.59 Å². The molecule has 0 bridgehead atoms. The Morgan fingerprint density at radius 3 is 1.92 bits per heavy atom. The third-order valence-electron chi connectivity index (χ3n) is 8.08. The van der Waals surface area contributed by atoms with E-state index in [0.29, 0.717) is 38.9 Å². The van der Waals surface area contributed by atoms with Crippen molar-refractivity contribution in [2.75, 3.05) is 19.6 Å². The van der Waals surface area contributed by atoms with Crippen LogP contribution in [0.25, 0.3) is 0 Å². The first-order valence-electron chi connectivity index (χ1n) is 18.2. The van der Waals surface area contributed by atoms with Gasteiger partial charge in [0.2, 0.25) is 17.7 Å². The molecule has 0 heterocycles. The number of benzene rings is 2. The SMILES string of the molecule is CC(C)(C)OC(=O)N[C@@H](CCCCNC(=O)OCc1ccccc1)C(=O)N[C@@H](Cc1ccccc1)C(=O)NCCCCCCNC(=O)C1=CC=CC1. The average Bonchev–Trinajstić information content (AvgIpc) is 3.66. The van der Waals surface area contributed by atoms with Crippen LogP contribution in [0.2, 0.25) is 0 Å². The van der Waals surface area contributed by atoms with Crippen LogP contribution in [0.1, 0.15) is 83.3 Å². The number of hydrogen-bond acceptors (Lipinski definition) is 7. The summed E-state index contributed by atoms with van der Waals surface area (Å²) in [7, 11) is 0. The lowest BCUT2D eigenvalue weighted by Gasteiger charge is -2.25. The summed E-state index contributed by atoms with van der Waals surface area (Å²) in [6.45, 7) is 6.71. The highest BCUT2D eigenvalue weighted by Crippen LogP contribution is 2.12. The molecule has 0 spiro atoms. The van der Waals surface area contributed by atoms with Gasteiger partial charge in [-0.15, -0.1) is 0 Å². The number of carbonyl (C=O) groups is 5. The molecule has 1 aliphatic rings. The first-order chi connectivity index (χ1) is 25.0. The van der Waals surface area contributed by atoms with Crippen LogP contribution in [0.15, 0.2) is 84.5 Å². The van der Waals surface area contributed by atoms with E-state index in [1.165, 1.54) is 0 Å². The normalized spacial score (nSPS) is 13.2. The van der Waals surface area contributed by atoms with Crippen LogP contribution in [0, 0.1) is 0 Å². The zero-order valence-electron chi connectivity index (χ0n) is 30.7. The molecule has 282 valence electrons. The van der Waals surface area contributed by atoms with Crippen LogP contribution in [0.5, 0.6) is 0 Å². The number of nitrogens with one attached hydrogen (secondary N) is 5. The van der Waals surface area contributed by atoms with Gasteiger partial charge in [0, 0.05) is 31.6 Å². The molecule has 1 aliphatic carbocycles. The van der Waals surface area contributed by atoms with Crippen LogP contribution in [0.4, 0.5) is 9.59 Å². The van der Waals surface area contributed by atoms with Gasteiger partial charge in [0.25, 0.3) is 0 Å². The Morgan fingerprint density at radius 1 is 0.673 bits per heavy atom. The lowest BCUT2D eigenvalue weighted by atomic mass is 10.0. The Balaban J connectivity index is 1.49. The molecule has 5 amide bonds. The van der Waals surface area contributed by atoms with Gasteiger partial charge in [0.1, 0.15) is 24.3 Å².